The number of aryl methyl sites for hydroxylation is 1. The quantitative estimate of drug-likeness (QED) is 0.687. The van der Waals surface area contributed by atoms with E-state index >= 15 is 0 Å². The van der Waals surface area contributed by atoms with Crippen LogP contribution in [0.3, 0.4) is 0 Å². The Hall–Kier alpha value is -1.68. The van der Waals surface area contributed by atoms with Crippen molar-refractivity contribution in [2.45, 2.75) is 44.5 Å². The van der Waals surface area contributed by atoms with Crippen LogP contribution in [0.5, 0.6) is 0 Å². The van der Waals surface area contributed by atoms with Crippen LogP contribution >= 0.6 is 0 Å². The Labute approximate surface area is 133 Å². The van der Waals surface area contributed by atoms with E-state index in [0.29, 0.717) is 0 Å². The zero-order valence-electron chi connectivity index (χ0n) is 13.1. The van der Waals surface area contributed by atoms with Crippen molar-refractivity contribution in [1.29, 1.82) is 0 Å². The van der Waals surface area contributed by atoms with Crippen LogP contribution < -0.4 is 5.43 Å². The fourth-order valence-electron chi connectivity index (χ4n) is 6.41. The highest BCUT2D eigenvalue weighted by Gasteiger charge is 2.69. The lowest BCUT2D eigenvalue weighted by Crippen LogP contribution is -2.44. The third kappa shape index (κ3) is 1.23. The zero-order chi connectivity index (χ0) is 15.6. The average Bonchev–Trinajstić information content (AvgIpc) is 2.95. The first-order chi connectivity index (χ1) is 11.1. The van der Waals surface area contributed by atoms with Crippen molar-refractivity contribution in [1.82, 2.24) is 0 Å². The highest BCUT2D eigenvalue weighted by atomic mass is 16.6. The highest BCUT2D eigenvalue weighted by Crippen LogP contribution is 2.68. The Balaban J connectivity index is 1.77. The summed E-state index contributed by atoms with van der Waals surface area (Å²) in [6.07, 6.45) is 0.693. The lowest BCUT2D eigenvalue weighted by molar-refractivity contribution is -0.166. The van der Waals surface area contributed by atoms with Gasteiger partial charge in [0.2, 0.25) is 0 Å². The maximum atomic E-state index is 12.7. The van der Waals surface area contributed by atoms with Gasteiger partial charge in [-0.1, -0.05) is 6.92 Å². The molecule has 3 aliphatic carbocycles. The SMILES string of the molecule is Cc1cc(=O)cc2c3c1[C@@H]1OC4[C@@H](C)C(C2)C2C(=O)O[C@@H]4[C@@H]1[C@@H]32. The van der Waals surface area contributed by atoms with Gasteiger partial charge in [-0.15, -0.1) is 0 Å². The second-order valence-electron chi connectivity index (χ2n) is 8.01. The van der Waals surface area contributed by atoms with E-state index in [9.17, 15) is 9.59 Å². The molecule has 1 aromatic rings. The molecule has 3 heterocycles. The summed E-state index contributed by atoms with van der Waals surface area (Å²) in [6, 6.07) is 3.54. The molecule has 0 aromatic heterocycles. The van der Waals surface area contributed by atoms with Crippen molar-refractivity contribution < 1.29 is 14.3 Å². The molecule has 1 aromatic carbocycles. The fraction of sp³-hybridized carbons (Fsp3) is 0.579. The van der Waals surface area contributed by atoms with Crippen LogP contribution in [0.15, 0.2) is 16.9 Å². The fourth-order valence-corrected chi connectivity index (χ4v) is 6.41. The molecule has 6 bridgehead atoms. The molecule has 0 N–H and O–H groups in total. The number of rotatable bonds is 0. The van der Waals surface area contributed by atoms with Crippen molar-refractivity contribution in [2.75, 3.05) is 0 Å². The Kier molecular flexibility index (Phi) is 2.04. The van der Waals surface area contributed by atoms with Gasteiger partial charge in [-0.3, -0.25) is 9.59 Å². The molecule has 0 radical (unpaired) electrons. The number of carbonyl (C=O) groups is 1. The van der Waals surface area contributed by atoms with E-state index < -0.39 is 0 Å². The minimum atomic E-state index is -0.108. The molecule has 23 heavy (non-hydrogen) atoms. The molecule has 4 fully saturated rings. The van der Waals surface area contributed by atoms with E-state index in [4.69, 9.17) is 9.47 Å². The molecule has 4 nitrogen and oxygen atoms in total. The van der Waals surface area contributed by atoms with Gasteiger partial charge in [0.15, 0.2) is 5.43 Å². The smallest absolute Gasteiger partial charge is 0.310 e. The van der Waals surface area contributed by atoms with Gasteiger partial charge in [-0.05, 0) is 59.6 Å². The Morgan fingerprint density at radius 1 is 1.09 bits per heavy atom. The monoisotopic (exact) mass is 310 g/mol. The van der Waals surface area contributed by atoms with Crippen molar-refractivity contribution in [3.05, 3.63) is 44.6 Å². The third-order valence-electron chi connectivity index (χ3n) is 7.15. The van der Waals surface area contributed by atoms with Gasteiger partial charge in [0.05, 0.1) is 18.1 Å². The van der Waals surface area contributed by atoms with Gasteiger partial charge in [0.1, 0.15) is 6.10 Å². The minimum absolute atomic E-state index is 0.00681. The van der Waals surface area contributed by atoms with E-state index in [1.54, 1.807) is 6.07 Å². The van der Waals surface area contributed by atoms with Crippen molar-refractivity contribution in [2.24, 2.45) is 23.7 Å². The summed E-state index contributed by atoms with van der Waals surface area (Å²) < 4.78 is 12.3. The van der Waals surface area contributed by atoms with Crippen LogP contribution in [0.1, 0.15) is 41.2 Å². The van der Waals surface area contributed by atoms with Gasteiger partial charge in [-0.2, -0.15) is 0 Å². The molecular formula is C19H18O4. The number of hydrogen-bond donors (Lipinski definition) is 0. The summed E-state index contributed by atoms with van der Waals surface area (Å²) in [7, 11) is 0. The summed E-state index contributed by atoms with van der Waals surface area (Å²) in [5.74, 6) is 0.875. The largest absolute Gasteiger partial charge is 0.459 e. The molecule has 0 spiro atoms. The third-order valence-corrected chi connectivity index (χ3v) is 7.15. The van der Waals surface area contributed by atoms with E-state index in [0.717, 1.165) is 17.5 Å². The lowest BCUT2D eigenvalue weighted by Gasteiger charge is -2.41. The topological polar surface area (TPSA) is 52.6 Å². The van der Waals surface area contributed by atoms with Gasteiger partial charge >= 0.3 is 5.97 Å². The second-order valence-corrected chi connectivity index (χ2v) is 8.01. The summed E-state index contributed by atoms with van der Waals surface area (Å²) >= 11 is 0. The molecule has 3 aliphatic heterocycles. The molecule has 3 saturated heterocycles. The van der Waals surface area contributed by atoms with Crippen molar-refractivity contribution in [3.63, 3.8) is 0 Å². The lowest BCUT2D eigenvalue weighted by atomic mass is 9.65. The standard InChI is InChI=1S/C19H18O4/c1-6-3-9(20)4-8-5-10-7(2)16-18-15-14(13(10)19(21)23-18)12(8)11(6)17(15)22-16/h3-4,7,10,13-18H,5H2,1-2H3/t7-,10?,13?,14-,15+,16?,17-,18+/m0/s1. The maximum absolute atomic E-state index is 12.7. The van der Waals surface area contributed by atoms with Gasteiger partial charge in [-0.25, -0.2) is 0 Å². The average molecular weight is 310 g/mol. The minimum Gasteiger partial charge on any atom is -0.459 e. The molecule has 8 atom stereocenters. The maximum Gasteiger partial charge on any atom is 0.310 e. The van der Waals surface area contributed by atoms with Crippen LogP contribution in [-0.4, -0.2) is 18.2 Å². The Bertz CT molecular complexity index is 844. The number of esters is 1. The molecule has 1 saturated carbocycles. The normalized spacial score (nSPS) is 47.0. The van der Waals surface area contributed by atoms with Crippen LogP contribution in [0.25, 0.3) is 0 Å². The first kappa shape index (κ1) is 12.7. The molecule has 6 aliphatic rings. The molecule has 7 rings (SSSR count). The van der Waals surface area contributed by atoms with Gasteiger partial charge in [0.25, 0.3) is 0 Å². The number of ether oxygens (including phenoxy) is 2. The molecule has 118 valence electrons. The Morgan fingerprint density at radius 3 is 2.74 bits per heavy atom. The first-order valence-corrected chi connectivity index (χ1v) is 8.60. The van der Waals surface area contributed by atoms with Gasteiger partial charge < -0.3 is 9.47 Å². The van der Waals surface area contributed by atoms with Crippen LogP contribution in [0.4, 0.5) is 0 Å². The number of hydrogen-bond acceptors (Lipinski definition) is 4. The summed E-state index contributed by atoms with van der Waals surface area (Å²) in [5.41, 5.74) is 4.66. The Morgan fingerprint density at radius 2 is 1.91 bits per heavy atom. The van der Waals surface area contributed by atoms with Crippen LogP contribution in [0, 0.1) is 30.6 Å². The summed E-state index contributed by atoms with van der Waals surface area (Å²) in [6.45, 7) is 4.20. The van der Waals surface area contributed by atoms with Crippen molar-refractivity contribution in [3.8, 4) is 0 Å². The second kappa shape index (κ2) is 3.69. The zero-order valence-corrected chi connectivity index (χ0v) is 13.1. The van der Waals surface area contributed by atoms with E-state index in [2.05, 4.69) is 6.92 Å². The summed E-state index contributed by atoms with van der Waals surface area (Å²) in [4.78, 5) is 24.9. The van der Waals surface area contributed by atoms with E-state index in [1.807, 2.05) is 13.0 Å². The van der Waals surface area contributed by atoms with Crippen molar-refractivity contribution >= 4 is 5.97 Å². The predicted octanol–water partition coefficient (Wildman–Crippen LogP) is 1.87. The highest BCUT2D eigenvalue weighted by molar-refractivity contribution is 5.78. The van der Waals surface area contributed by atoms with E-state index in [-0.39, 0.29) is 59.3 Å². The van der Waals surface area contributed by atoms with Crippen LogP contribution in [0.2, 0.25) is 0 Å². The molecule has 0 amide bonds. The van der Waals surface area contributed by atoms with Gasteiger partial charge in [0, 0.05) is 11.8 Å². The predicted molar refractivity (Wildman–Crippen MR) is 81.0 cm³/mol. The number of fused-ring (bicyclic) bond motifs is 2. The summed E-state index contributed by atoms with van der Waals surface area (Å²) in [5, 5.41) is 0. The van der Waals surface area contributed by atoms with E-state index in [1.165, 1.54) is 11.1 Å². The molecule has 3 unspecified atom stereocenters. The first-order valence-electron chi connectivity index (χ1n) is 8.60. The van der Waals surface area contributed by atoms with Crippen LogP contribution in [-0.2, 0) is 20.7 Å². The molecule has 4 heteroatoms. The number of carbonyl (C=O) groups excluding carboxylic acids is 1. The molecular weight excluding hydrogens is 292 g/mol.